The molecule has 1 aliphatic rings. The summed E-state index contributed by atoms with van der Waals surface area (Å²) in [6.45, 7) is 11.1. The minimum Gasteiger partial charge on any atom is -0.308 e. The van der Waals surface area contributed by atoms with E-state index in [0.29, 0.717) is 11.5 Å². The quantitative estimate of drug-likeness (QED) is 0.463. The van der Waals surface area contributed by atoms with Gasteiger partial charge in [0.15, 0.2) is 0 Å². The second-order valence-corrected chi connectivity index (χ2v) is 9.66. The summed E-state index contributed by atoms with van der Waals surface area (Å²) in [6, 6.07) is 9.84. The predicted octanol–water partition coefficient (Wildman–Crippen LogP) is 5.02. The Bertz CT molecular complexity index is 915. The topological polar surface area (TPSA) is 73.7 Å². The second kappa shape index (κ2) is 8.64. The molecule has 0 unspecified atom stereocenters. The van der Waals surface area contributed by atoms with E-state index in [1.807, 2.05) is 31.2 Å². The fraction of sp³-hybridized carbons (Fsp3) is 0.458. The number of halogens is 1. The van der Waals surface area contributed by atoms with Crippen LogP contribution in [-0.4, -0.2) is 27.5 Å². The van der Waals surface area contributed by atoms with Gasteiger partial charge >= 0.3 is 0 Å². The zero-order valence-electron chi connectivity index (χ0n) is 18.5. The van der Waals surface area contributed by atoms with Gasteiger partial charge < -0.3 is 10.7 Å². The molecular formula is C24H32FN5. The van der Waals surface area contributed by atoms with Crippen molar-refractivity contribution in [2.24, 2.45) is 5.92 Å². The fourth-order valence-electron chi connectivity index (χ4n) is 4.98. The van der Waals surface area contributed by atoms with Gasteiger partial charge in [-0.15, -0.1) is 4.48 Å². The van der Waals surface area contributed by atoms with Crippen LogP contribution in [0.5, 0.6) is 0 Å². The smallest absolute Gasteiger partial charge is 0.0932 e. The third-order valence-corrected chi connectivity index (χ3v) is 5.69. The van der Waals surface area contributed by atoms with Crippen LogP contribution in [0.15, 0.2) is 36.5 Å². The van der Waals surface area contributed by atoms with Crippen molar-refractivity contribution in [2.75, 3.05) is 0 Å². The van der Waals surface area contributed by atoms with Gasteiger partial charge in [0, 0.05) is 34.6 Å². The van der Waals surface area contributed by atoms with Crippen molar-refractivity contribution >= 4 is 11.8 Å². The normalized spacial score (nSPS) is 18.8. The standard InChI is InChI=1S/C24H32FN5/c1-16-10-18(19(14-26)15-27-25)6-8-21(16)22-9-7-20(28-29-22)11-17-12-23(2,3)30-24(4,5)13-17/h6-10,14-15,17,26-27,30H,11-13H2,1-5H3/b19-15+,26-14?. The van der Waals surface area contributed by atoms with E-state index in [9.17, 15) is 4.48 Å². The number of benzene rings is 1. The monoisotopic (exact) mass is 409 g/mol. The maximum Gasteiger partial charge on any atom is 0.0932 e. The lowest BCUT2D eigenvalue weighted by Crippen LogP contribution is -2.58. The summed E-state index contributed by atoms with van der Waals surface area (Å²) < 4.78 is 12.4. The molecule has 0 spiro atoms. The van der Waals surface area contributed by atoms with Crippen molar-refractivity contribution in [3.8, 4) is 11.3 Å². The van der Waals surface area contributed by atoms with E-state index in [-0.39, 0.29) is 11.1 Å². The molecule has 5 nitrogen and oxygen atoms in total. The lowest BCUT2D eigenvalue weighted by molar-refractivity contribution is 0.128. The van der Waals surface area contributed by atoms with Crippen LogP contribution in [-0.2, 0) is 6.42 Å². The summed E-state index contributed by atoms with van der Waals surface area (Å²) in [5, 5.41) is 20.2. The first-order valence-corrected chi connectivity index (χ1v) is 10.4. The van der Waals surface area contributed by atoms with E-state index in [2.05, 4.69) is 49.3 Å². The van der Waals surface area contributed by atoms with E-state index < -0.39 is 0 Å². The highest BCUT2D eigenvalue weighted by Gasteiger charge is 2.37. The van der Waals surface area contributed by atoms with E-state index in [1.54, 1.807) is 0 Å². The van der Waals surface area contributed by atoms with Crippen LogP contribution in [0, 0.1) is 18.3 Å². The molecule has 1 aromatic carbocycles. The number of nitrogens with zero attached hydrogens (tertiary/aromatic N) is 2. The van der Waals surface area contributed by atoms with E-state index in [4.69, 9.17) is 5.41 Å². The molecule has 3 N–H and O–H groups in total. The summed E-state index contributed by atoms with van der Waals surface area (Å²) in [6.07, 6.45) is 5.47. The molecule has 160 valence electrons. The Balaban J connectivity index is 1.76. The van der Waals surface area contributed by atoms with E-state index in [0.717, 1.165) is 53.6 Å². The molecule has 0 saturated carbocycles. The third-order valence-electron chi connectivity index (χ3n) is 5.69. The molecule has 0 radical (unpaired) electrons. The third kappa shape index (κ3) is 5.30. The van der Waals surface area contributed by atoms with Crippen LogP contribution >= 0.6 is 0 Å². The molecule has 1 fully saturated rings. The number of hydrogen-bond donors (Lipinski definition) is 3. The number of allylic oxidation sites excluding steroid dienone is 1. The maximum atomic E-state index is 12.4. The number of aromatic nitrogens is 2. The van der Waals surface area contributed by atoms with Gasteiger partial charge in [-0.3, -0.25) is 0 Å². The van der Waals surface area contributed by atoms with E-state index in [1.165, 1.54) is 11.7 Å². The van der Waals surface area contributed by atoms with Crippen molar-refractivity contribution in [3.63, 3.8) is 0 Å². The Labute approximate surface area is 178 Å². The SMILES string of the molecule is Cc1cc(/C(C=N)=C/NF)ccc1-c1ccc(CC2CC(C)(C)NC(C)(C)C2)nn1. The molecule has 6 heteroatoms. The van der Waals surface area contributed by atoms with Gasteiger partial charge in [-0.05, 0) is 83.1 Å². The first kappa shape index (κ1) is 22.1. The summed E-state index contributed by atoms with van der Waals surface area (Å²) in [5.74, 6) is 0.577. The average molecular weight is 410 g/mol. The largest absolute Gasteiger partial charge is 0.308 e. The number of hydrogen-bond acceptors (Lipinski definition) is 5. The summed E-state index contributed by atoms with van der Waals surface area (Å²) >= 11 is 0. The van der Waals surface area contributed by atoms with Gasteiger partial charge in [-0.2, -0.15) is 10.2 Å². The number of piperidine rings is 1. The zero-order chi connectivity index (χ0) is 21.9. The Morgan fingerprint density at radius 1 is 1.17 bits per heavy atom. The van der Waals surface area contributed by atoms with Crippen LogP contribution in [0.1, 0.15) is 57.4 Å². The zero-order valence-corrected chi connectivity index (χ0v) is 18.5. The van der Waals surface area contributed by atoms with Crippen LogP contribution in [0.4, 0.5) is 4.48 Å². The first-order chi connectivity index (χ1) is 14.1. The second-order valence-electron chi connectivity index (χ2n) is 9.66. The maximum absolute atomic E-state index is 12.4. The lowest BCUT2D eigenvalue weighted by atomic mass is 9.74. The average Bonchev–Trinajstić information content (AvgIpc) is 2.64. The predicted molar refractivity (Wildman–Crippen MR) is 121 cm³/mol. The number of aryl methyl sites for hydroxylation is 1. The number of rotatable bonds is 6. The molecule has 0 aliphatic carbocycles. The minimum absolute atomic E-state index is 0.125. The molecule has 1 aliphatic heterocycles. The molecule has 0 amide bonds. The van der Waals surface area contributed by atoms with Crippen molar-refractivity contribution in [1.82, 2.24) is 21.1 Å². The number of nitrogens with one attached hydrogen (secondary N) is 3. The molecular weight excluding hydrogens is 377 g/mol. The Morgan fingerprint density at radius 2 is 1.87 bits per heavy atom. The van der Waals surface area contributed by atoms with Gasteiger partial charge in [0.25, 0.3) is 0 Å². The molecule has 1 saturated heterocycles. The molecule has 3 rings (SSSR count). The summed E-state index contributed by atoms with van der Waals surface area (Å²) in [5.41, 5.74) is 6.82. The Hall–Kier alpha value is -2.60. The lowest BCUT2D eigenvalue weighted by Gasteiger charge is -2.46. The van der Waals surface area contributed by atoms with E-state index >= 15 is 0 Å². The van der Waals surface area contributed by atoms with Crippen molar-refractivity contribution in [1.29, 1.82) is 5.41 Å². The van der Waals surface area contributed by atoms with Gasteiger partial charge in [0.2, 0.25) is 0 Å². The van der Waals surface area contributed by atoms with Crippen LogP contribution in [0.3, 0.4) is 0 Å². The highest BCUT2D eigenvalue weighted by Crippen LogP contribution is 2.34. The Morgan fingerprint density at radius 3 is 2.40 bits per heavy atom. The summed E-state index contributed by atoms with van der Waals surface area (Å²) in [7, 11) is 0. The van der Waals surface area contributed by atoms with Crippen LogP contribution in [0.2, 0.25) is 0 Å². The van der Waals surface area contributed by atoms with Crippen molar-refractivity contribution in [2.45, 2.75) is 65.0 Å². The molecule has 2 aromatic rings. The van der Waals surface area contributed by atoms with Gasteiger partial charge in [-0.1, -0.05) is 18.2 Å². The highest BCUT2D eigenvalue weighted by atomic mass is 19.2. The van der Waals surface area contributed by atoms with Gasteiger partial charge in [0.1, 0.15) is 0 Å². The van der Waals surface area contributed by atoms with Crippen LogP contribution in [0.25, 0.3) is 16.8 Å². The molecule has 0 atom stereocenters. The van der Waals surface area contributed by atoms with Gasteiger partial charge in [0.05, 0.1) is 11.4 Å². The minimum atomic E-state index is 0.125. The molecule has 0 bridgehead atoms. The highest BCUT2D eigenvalue weighted by molar-refractivity contribution is 6.08. The Kier molecular flexibility index (Phi) is 6.36. The molecule has 30 heavy (non-hydrogen) atoms. The van der Waals surface area contributed by atoms with Crippen LogP contribution < -0.4 is 10.9 Å². The fourth-order valence-corrected chi connectivity index (χ4v) is 4.98. The van der Waals surface area contributed by atoms with Crippen molar-refractivity contribution < 1.29 is 4.48 Å². The first-order valence-electron chi connectivity index (χ1n) is 10.4. The van der Waals surface area contributed by atoms with Gasteiger partial charge in [-0.25, -0.2) is 5.54 Å². The molecule has 1 aromatic heterocycles. The molecule has 2 heterocycles. The van der Waals surface area contributed by atoms with Crippen molar-refractivity contribution in [3.05, 3.63) is 53.4 Å². The summed E-state index contributed by atoms with van der Waals surface area (Å²) in [4.78, 5) is 0.